The smallest absolute Gasteiger partial charge is 0.349 e. The van der Waals surface area contributed by atoms with E-state index in [9.17, 15) is 13.2 Å². The van der Waals surface area contributed by atoms with Gasteiger partial charge in [0, 0.05) is 11.6 Å². The summed E-state index contributed by atoms with van der Waals surface area (Å²) in [5.74, 6) is -1.47. The molecule has 0 unspecified atom stereocenters. The fourth-order valence-electron chi connectivity index (χ4n) is 2.06. The van der Waals surface area contributed by atoms with Crippen molar-refractivity contribution < 1.29 is 27.3 Å². The van der Waals surface area contributed by atoms with Crippen molar-refractivity contribution in [3.05, 3.63) is 45.1 Å². The van der Waals surface area contributed by atoms with Crippen molar-refractivity contribution in [1.82, 2.24) is 0 Å². The fourth-order valence-corrected chi connectivity index (χ4v) is 3.87. The third-order valence-electron chi connectivity index (χ3n) is 3.05. The molecular weight excluding hydrogens is 342 g/mol. The quantitative estimate of drug-likeness (QED) is 0.821. The molecule has 1 N–H and O–H groups in total. The minimum absolute atomic E-state index is 0.150. The highest BCUT2D eigenvalue weighted by Crippen LogP contribution is 2.27. The molecular formula is C14H11NO6S2. The summed E-state index contributed by atoms with van der Waals surface area (Å²) in [5, 5.41) is 15.1. The molecule has 1 aliphatic rings. The van der Waals surface area contributed by atoms with Gasteiger partial charge in [-0.05, 0) is 17.5 Å². The first kappa shape index (κ1) is 15.5. The second-order valence-corrected chi connectivity index (χ2v) is 7.00. The van der Waals surface area contributed by atoms with Crippen LogP contribution in [-0.2, 0) is 15.0 Å². The van der Waals surface area contributed by atoms with Crippen molar-refractivity contribution in [1.29, 1.82) is 0 Å². The van der Waals surface area contributed by atoms with Crippen LogP contribution in [-0.4, -0.2) is 26.1 Å². The van der Waals surface area contributed by atoms with E-state index >= 15 is 0 Å². The Morgan fingerprint density at radius 3 is 2.96 bits per heavy atom. The average Bonchev–Trinajstić information content (AvgIpc) is 2.81. The van der Waals surface area contributed by atoms with Crippen LogP contribution < -0.4 is 14.8 Å². The normalized spacial score (nSPS) is 13.7. The van der Waals surface area contributed by atoms with Crippen molar-refractivity contribution in [3.63, 3.8) is 0 Å². The summed E-state index contributed by atoms with van der Waals surface area (Å²) in [7, 11) is -4.25. The molecule has 0 radical (unpaired) electrons. The highest BCUT2D eigenvalue weighted by atomic mass is 32.2. The van der Waals surface area contributed by atoms with Gasteiger partial charge >= 0.3 is 16.1 Å². The third-order valence-corrected chi connectivity index (χ3v) is 5.20. The highest BCUT2D eigenvalue weighted by Gasteiger charge is 2.24. The number of hydrogen-bond donors (Lipinski definition) is 1. The molecule has 23 heavy (non-hydrogen) atoms. The standard InChI is InChI=1S/C14H11NO6S2/c16-14(17)13-10(6-8-22-13)21-23(18,19)11-5-1-3-9-4-2-7-20-15-12(9)11/h1,3-6,8H,2,7H2,(H,16,17). The number of hydrogen-bond acceptors (Lipinski definition) is 7. The minimum Gasteiger partial charge on any atom is -0.477 e. The first-order valence-corrected chi connectivity index (χ1v) is 8.82. The van der Waals surface area contributed by atoms with E-state index in [1.54, 1.807) is 12.1 Å². The van der Waals surface area contributed by atoms with Crippen molar-refractivity contribution in [2.75, 3.05) is 6.61 Å². The zero-order chi connectivity index (χ0) is 16.4. The van der Waals surface area contributed by atoms with E-state index in [0.29, 0.717) is 18.2 Å². The van der Waals surface area contributed by atoms with Gasteiger partial charge in [0.1, 0.15) is 16.9 Å². The van der Waals surface area contributed by atoms with E-state index in [1.807, 2.05) is 6.08 Å². The van der Waals surface area contributed by atoms with Gasteiger partial charge in [0.05, 0.1) is 0 Å². The molecule has 2 heterocycles. The van der Waals surface area contributed by atoms with Gasteiger partial charge in [0.25, 0.3) is 0 Å². The second kappa shape index (κ2) is 6.01. The number of nitrogens with zero attached hydrogens (tertiary/aromatic N) is 1. The average molecular weight is 353 g/mol. The van der Waals surface area contributed by atoms with Crippen LogP contribution in [0.25, 0.3) is 6.08 Å². The summed E-state index contributed by atoms with van der Waals surface area (Å²) in [6, 6.07) is 5.93. The van der Waals surface area contributed by atoms with Gasteiger partial charge in [0.2, 0.25) is 0 Å². The molecule has 1 aromatic carbocycles. The number of aromatic carboxylic acids is 1. The third kappa shape index (κ3) is 3.06. The highest BCUT2D eigenvalue weighted by molar-refractivity contribution is 7.87. The summed E-state index contributed by atoms with van der Waals surface area (Å²) in [6.45, 7) is 0.350. The van der Waals surface area contributed by atoms with E-state index in [4.69, 9.17) is 14.1 Å². The van der Waals surface area contributed by atoms with E-state index in [2.05, 4.69) is 5.16 Å². The van der Waals surface area contributed by atoms with Gasteiger partial charge in [-0.15, -0.1) is 11.3 Å². The van der Waals surface area contributed by atoms with E-state index in [-0.39, 0.29) is 20.9 Å². The SMILES string of the molecule is O=C(O)c1sccc1OS(=O)(=O)c1cccc2c1=NOCCC=2. The lowest BCUT2D eigenvalue weighted by Crippen LogP contribution is -2.31. The van der Waals surface area contributed by atoms with Crippen LogP contribution in [0, 0.1) is 0 Å². The Morgan fingerprint density at radius 2 is 2.17 bits per heavy atom. The number of benzene rings is 1. The van der Waals surface area contributed by atoms with Crippen molar-refractivity contribution in [3.8, 4) is 5.75 Å². The first-order valence-electron chi connectivity index (χ1n) is 6.53. The van der Waals surface area contributed by atoms with E-state index < -0.39 is 16.1 Å². The molecule has 3 rings (SSSR count). The molecule has 2 aromatic rings. The van der Waals surface area contributed by atoms with Crippen LogP contribution in [0.2, 0.25) is 0 Å². The van der Waals surface area contributed by atoms with Crippen molar-refractivity contribution >= 4 is 33.5 Å². The predicted octanol–water partition coefficient (Wildman–Crippen LogP) is 0.949. The Morgan fingerprint density at radius 1 is 1.35 bits per heavy atom. The molecule has 0 bridgehead atoms. The van der Waals surface area contributed by atoms with Crippen LogP contribution in [0.4, 0.5) is 0 Å². The Hall–Kier alpha value is -2.39. The molecule has 7 nitrogen and oxygen atoms in total. The van der Waals surface area contributed by atoms with Gasteiger partial charge in [-0.1, -0.05) is 23.4 Å². The Bertz CT molecular complexity index is 977. The Kier molecular flexibility index (Phi) is 4.05. The maximum absolute atomic E-state index is 12.5. The van der Waals surface area contributed by atoms with Crippen LogP contribution in [0.15, 0.2) is 39.7 Å². The van der Waals surface area contributed by atoms with Gasteiger partial charge in [-0.25, -0.2) is 4.79 Å². The minimum atomic E-state index is -4.25. The van der Waals surface area contributed by atoms with Gasteiger partial charge in [0.15, 0.2) is 10.6 Å². The molecule has 120 valence electrons. The molecule has 1 aliphatic heterocycles. The molecule has 0 atom stereocenters. The Balaban J connectivity index is 2.10. The number of carbonyl (C=O) groups is 1. The largest absolute Gasteiger partial charge is 0.477 e. The zero-order valence-corrected chi connectivity index (χ0v) is 13.3. The number of thiophene rings is 1. The molecule has 0 saturated carbocycles. The lowest BCUT2D eigenvalue weighted by molar-refractivity contribution is 0.0700. The van der Waals surface area contributed by atoms with Gasteiger partial charge in [-0.3, -0.25) is 0 Å². The van der Waals surface area contributed by atoms with E-state index in [0.717, 1.165) is 11.3 Å². The molecule has 9 heteroatoms. The molecule has 0 fully saturated rings. The molecule has 0 amide bonds. The van der Waals surface area contributed by atoms with Gasteiger partial charge in [-0.2, -0.15) is 8.42 Å². The molecule has 0 spiro atoms. The molecule has 0 saturated heterocycles. The first-order chi connectivity index (χ1) is 11.0. The van der Waals surface area contributed by atoms with Crippen molar-refractivity contribution in [2.24, 2.45) is 5.16 Å². The van der Waals surface area contributed by atoms with Crippen LogP contribution >= 0.6 is 11.3 Å². The summed E-state index contributed by atoms with van der Waals surface area (Å²) in [4.78, 5) is 15.8. The summed E-state index contributed by atoms with van der Waals surface area (Å²) < 4.78 is 30.0. The van der Waals surface area contributed by atoms with Crippen LogP contribution in [0.1, 0.15) is 16.1 Å². The lowest BCUT2D eigenvalue weighted by atomic mass is 10.2. The summed E-state index contributed by atoms with van der Waals surface area (Å²) >= 11 is 0.882. The van der Waals surface area contributed by atoms with Crippen LogP contribution in [0.5, 0.6) is 5.75 Å². The second-order valence-electron chi connectivity index (χ2n) is 4.57. The number of fused-ring (bicyclic) bond motifs is 1. The summed E-state index contributed by atoms with van der Waals surface area (Å²) in [6.07, 6.45) is 2.42. The molecule has 1 aromatic heterocycles. The number of carboxylic acid groups (broad SMARTS) is 1. The zero-order valence-electron chi connectivity index (χ0n) is 11.6. The monoisotopic (exact) mass is 353 g/mol. The maximum atomic E-state index is 12.5. The topological polar surface area (TPSA) is 102 Å². The number of rotatable bonds is 4. The molecule has 0 aliphatic carbocycles. The summed E-state index contributed by atoms with van der Waals surface area (Å²) in [5.41, 5.74) is 0. The Labute approximate surface area is 135 Å². The fraction of sp³-hybridized carbons (Fsp3) is 0.143. The number of carboxylic acids is 1. The maximum Gasteiger partial charge on any atom is 0.349 e. The van der Waals surface area contributed by atoms with E-state index in [1.165, 1.54) is 17.5 Å². The van der Waals surface area contributed by atoms with Crippen molar-refractivity contribution in [2.45, 2.75) is 11.3 Å². The van der Waals surface area contributed by atoms with Crippen LogP contribution in [0.3, 0.4) is 0 Å². The lowest BCUT2D eigenvalue weighted by Gasteiger charge is -2.06. The predicted molar refractivity (Wildman–Crippen MR) is 81.3 cm³/mol. The van der Waals surface area contributed by atoms with Gasteiger partial charge < -0.3 is 14.1 Å².